The average molecular weight is 344 g/mol. The summed E-state index contributed by atoms with van der Waals surface area (Å²) in [7, 11) is 1.15. The lowest BCUT2D eigenvalue weighted by Crippen LogP contribution is -1.96. The van der Waals surface area contributed by atoms with Crippen molar-refractivity contribution in [2.45, 2.75) is 83.8 Å². The maximum Gasteiger partial charge on any atom is 0.303 e. The zero-order valence-electron chi connectivity index (χ0n) is 16.3. The minimum Gasteiger partial charge on any atom is -0.481 e. The summed E-state index contributed by atoms with van der Waals surface area (Å²) < 4.78 is 0. The summed E-state index contributed by atoms with van der Waals surface area (Å²) in [6, 6.07) is 0. The molecular weight excluding hydrogens is 307 g/mol. The molecule has 0 aliphatic carbocycles. The molecule has 1 N–H and O–H groups in total. The van der Waals surface area contributed by atoms with Crippen molar-refractivity contribution in [1.29, 1.82) is 0 Å². The van der Waals surface area contributed by atoms with Crippen molar-refractivity contribution in [3.8, 4) is 0 Å². The Morgan fingerprint density at radius 3 is 2.20 bits per heavy atom. The molecule has 25 heavy (non-hydrogen) atoms. The molecule has 0 amide bonds. The number of carboxylic acids is 1. The fraction of sp³-hybridized carbons (Fsp3) is 0.591. The van der Waals surface area contributed by atoms with Crippen LogP contribution in [0.3, 0.4) is 0 Å². The highest BCUT2D eigenvalue weighted by Gasteiger charge is 2.00. The van der Waals surface area contributed by atoms with Crippen LogP contribution in [-0.2, 0) is 4.79 Å². The first-order valence-electron chi connectivity index (χ1n) is 10.1. The number of carboxylic acid groups (broad SMARTS) is 1. The van der Waals surface area contributed by atoms with Crippen LogP contribution in [0.4, 0.5) is 0 Å². The summed E-state index contributed by atoms with van der Waals surface area (Å²) >= 11 is 0. The Balaban J connectivity index is 3.92. The van der Waals surface area contributed by atoms with Crippen LogP contribution in [0, 0.1) is 0 Å². The quantitative estimate of drug-likeness (QED) is 0.197. The van der Waals surface area contributed by atoms with Gasteiger partial charge < -0.3 is 5.11 Å². The molecule has 3 heteroatoms. The zero-order chi connectivity index (χ0) is 18.6. The standard InChI is InChI=1S/C22H37BO2/c1-3-5-6-7-8-9-10-11-12-13-15-18-21(23-4-2)19-16-14-17-20-22(24)25/h8-9,11-12,15-16,18-19,21,23H,3-7,10,13-14,17,20H2,1-2H3,(H,24,25)/b9-8-,12-11-,18-15-,19-16-. The van der Waals surface area contributed by atoms with Crippen molar-refractivity contribution in [3.63, 3.8) is 0 Å². The van der Waals surface area contributed by atoms with Gasteiger partial charge in [-0.25, -0.2) is 0 Å². The highest BCUT2D eigenvalue weighted by molar-refractivity contribution is 6.39. The minimum absolute atomic E-state index is 0.260. The number of rotatable bonds is 16. The Morgan fingerprint density at radius 2 is 1.52 bits per heavy atom. The van der Waals surface area contributed by atoms with Crippen LogP contribution in [0.5, 0.6) is 0 Å². The third-order valence-corrected chi connectivity index (χ3v) is 4.00. The molecule has 1 unspecified atom stereocenters. The summed E-state index contributed by atoms with van der Waals surface area (Å²) in [4.78, 5) is 10.5. The van der Waals surface area contributed by atoms with E-state index >= 15 is 0 Å². The topological polar surface area (TPSA) is 37.3 Å². The molecule has 0 rings (SSSR count). The average Bonchev–Trinajstić information content (AvgIpc) is 2.59. The van der Waals surface area contributed by atoms with Crippen molar-refractivity contribution in [2.24, 2.45) is 0 Å². The van der Waals surface area contributed by atoms with E-state index in [1.807, 2.05) is 0 Å². The number of unbranched alkanes of at least 4 members (excludes halogenated alkanes) is 4. The van der Waals surface area contributed by atoms with Crippen LogP contribution < -0.4 is 0 Å². The molecule has 0 saturated carbocycles. The van der Waals surface area contributed by atoms with E-state index in [9.17, 15) is 4.79 Å². The van der Waals surface area contributed by atoms with E-state index < -0.39 is 5.97 Å². The van der Waals surface area contributed by atoms with Gasteiger partial charge in [0.1, 0.15) is 7.28 Å². The normalized spacial score (nSPS) is 13.5. The van der Waals surface area contributed by atoms with Gasteiger partial charge in [0.15, 0.2) is 0 Å². The van der Waals surface area contributed by atoms with Gasteiger partial charge in [0.2, 0.25) is 0 Å². The summed E-state index contributed by atoms with van der Waals surface area (Å²) in [5.74, 6) is -0.234. The zero-order valence-corrected chi connectivity index (χ0v) is 16.3. The maximum absolute atomic E-state index is 10.5. The molecule has 0 heterocycles. The van der Waals surface area contributed by atoms with Crippen LogP contribution in [0.25, 0.3) is 0 Å². The predicted molar refractivity (Wildman–Crippen MR) is 113 cm³/mol. The highest BCUT2D eigenvalue weighted by Crippen LogP contribution is 2.12. The number of carbonyl (C=O) groups is 1. The molecule has 0 aromatic rings. The summed E-state index contributed by atoms with van der Waals surface area (Å²) in [6.45, 7) is 4.44. The second kappa shape index (κ2) is 18.8. The van der Waals surface area contributed by atoms with Gasteiger partial charge in [-0.05, 0) is 44.3 Å². The maximum atomic E-state index is 10.5. The van der Waals surface area contributed by atoms with Gasteiger partial charge in [0.05, 0.1) is 0 Å². The molecule has 1 atom stereocenters. The second-order valence-corrected chi connectivity index (χ2v) is 6.50. The van der Waals surface area contributed by atoms with Crippen molar-refractivity contribution in [1.82, 2.24) is 0 Å². The largest absolute Gasteiger partial charge is 0.481 e. The number of hydrogen-bond donors (Lipinski definition) is 1. The van der Waals surface area contributed by atoms with E-state index in [-0.39, 0.29) is 6.42 Å². The molecule has 0 aliphatic rings. The monoisotopic (exact) mass is 344 g/mol. The lowest BCUT2D eigenvalue weighted by atomic mass is 9.62. The third-order valence-electron chi connectivity index (χ3n) is 4.00. The Morgan fingerprint density at radius 1 is 0.880 bits per heavy atom. The molecule has 0 bridgehead atoms. The van der Waals surface area contributed by atoms with Crippen LogP contribution in [0.15, 0.2) is 48.6 Å². The Kier molecular flexibility index (Phi) is 17.7. The van der Waals surface area contributed by atoms with E-state index in [0.29, 0.717) is 5.82 Å². The van der Waals surface area contributed by atoms with Crippen molar-refractivity contribution < 1.29 is 9.90 Å². The lowest BCUT2D eigenvalue weighted by molar-refractivity contribution is -0.137. The van der Waals surface area contributed by atoms with Crippen LogP contribution in [0.1, 0.15) is 71.6 Å². The minimum atomic E-state index is -0.707. The number of aliphatic carboxylic acids is 1. The number of hydrogen-bond acceptors (Lipinski definition) is 1. The van der Waals surface area contributed by atoms with Gasteiger partial charge in [-0.2, -0.15) is 0 Å². The fourth-order valence-electron chi connectivity index (χ4n) is 2.56. The molecule has 0 aromatic heterocycles. The molecular formula is C22H37BO2. The molecule has 2 nitrogen and oxygen atoms in total. The van der Waals surface area contributed by atoms with E-state index in [0.717, 1.165) is 39.3 Å². The third kappa shape index (κ3) is 18.7. The van der Waals surface area contributed by atoms with Crippen molar-refractivity contribution in [3.05, 3.63) is 48.6 Å². The predicted octanol–water partition coefficient (Wildman–Crippen LogP) is 6.49. The van der Waals surface area contributed by atoms with E-state index in [1.165, 1.54) is 25.7 Å². The first kappa shape index (κ1) is 23.5. The fourth-order valence-corrected chi connectivity index (χ4v) is 2.56. The second-order valence-electron chi connectivity index (χ2n) is 6.50. The molecule has 0 aliphatic heterocycles. The van der Waals surface area contributed by atoms with E-state index in [1.54, 1.807) is 0 Å². The first-order valence-corrected chi connectivity index (χ1v) is 10.1. The van der Waals surface area contributed by atoms with Gasteiger partial charge in [-0.3, -0.25) is 4.79 Å². The van der Waals surface area contributed by atoms with Gasteiger partial charge in [0.25, 0.3) is 0 Å². The van der Waals surface area contributed by atoms with Crippen LogP contribution >= 0.6 is 0 Å². The molecule has 0 spiro atoms. The van der Waals surface area contributed by atoms with Crippen molar-refractivity contribution in [2.75, 3.05) is 0 Å². The van der Waals surface area contributed by atoms with Crippen LogP contribution in [0.2, 0.25) is 12.1 Å². The van der Waals surface area contributed by atoms with Gasteiger partial charge >= 0.3 is 5.97 Å². The molecule has 0 fully saturated rings. The van der Waals surface area contributed by atoms with Gasteiger partial charge in [-0.15, -0.1) is 0 Å². The van der Waals surface area contributed by atoms with Gasteiger partial charge in [-0.1, -0.05) is 81.6 Å². The Hall–Kier alpha value is -1.51. The smallest absolute Gasteiger partial charge is 0.303 e. The highest BCUT2D eigenvalue weighted by atomic mass is 16.4. The van der Waals surface area contributed by atoms with Crippen LogP contribution in [-0.4, -0.2) is 18.4 Å². The molecule has 0 saturated heterocycles. The van der Waals surface area contributed by atoms with E-state index in [2.05, 4.69) is 62.5 Å². The summed E-state index contributed by atoms with van der Waals surface area (Å²) in [6.07, 6.45) is 28.0. The van der Waals surface area contributed by atoms with E-state index in [4.69, 9.17) is 5.11 Å². The summed E-state index contributed by atoms with van der Waals surface area (Å²) in [5, 5.41) is 8.63. The lowest BCUT2D eigenvalue weighted by Gasteiger charge is -2.03. The summed E-state index contributed by atoms with van der Waals surface area (Å²) in [5.41, 5.74) is 0. The van der Waals surface area contributed by atoms with Crippen molar-refractivity contribution >= 4 is 13.2 Å². The molecule has 0 radical (unpaired) electrons. The first-order chi connectivity index (χ1) is 12.2. The Labute approximate surface area is 156 Å². The molecule has 140 valence electrons. The van der Waals surface area contributed by atoms with Gasteiger partial charge in [0, 0.05) is 6.42 Å². The number of allylic oxidation sites excluding steroid dienone is 8. The SMILES string of the molecule is CCBC(/C=C\C/C=C\C/C=C\CCCCC)/C=C\CCCC(=O)O. The molecule has 0 aromatic carbocycles. The Bertz CT molecular complexity index is 422.